The Morgan fingerprint density at radius 2 is 1.75 bits per heavy atom. The van der Waals surface area contributed by atoms with Gasteiger partial charge in [-0.2, -0.15) is 0 Å². The molecule has 0 rings (SSSR count). The van der Waals surface area contributed by atoms with E-state index < -0.39 is 0 Å². The highest BCUT2D eigenvalue weighted by molar-refractivity contribution is 5.12. The fourth-order valence-corrected chi connectivity index (χ4v) is 1.49. The Balaban J connectivity index is 4.00. The van der Waals surface area contributed by atoms with Crippen molar-refractivity contribution in [3.63, 3.8) is 0 Å². The van der Waals surface area contributed by atoms with Crippen LogP contribution in [0.3, 0.4) is 0 Å². The Bertz CT molecular complexity index is 170. The summed E-state index contributed by atoms with van der Waals surface area (Å²) >= 11 is 0. The summed E-state index contributed by atoms with van der Waals surface area (Å²) in [4.78, 5) is 0. The maximum atomic E-state index is 2.34. The van der Waals surface area contributed by atoms with E-state index >= 15 is 0 Å². The van der Waals surface area contributed by atoms with Crippen molar-refractivity contribution in [1.29, 1.82) is 0 Å². The van der Waals surface area contributed by atoms with Gasteiger partial charge in [-0.3, -0.25) is 0 Å². The Morgan fingerprint density at radius 3 is 2.17 bits per heavy atom. The lowest BCUT2D eigenvalue weighted by Crippen LogP contribution is -1.85. The summed E-state index contributed by atoms with van der Waals surface area (Å²) in [6.45, 7) is 11.1. The van der Waals surface area contributed by atoms with Gasteiger partial charge in [0.25, 0.3) is 0 Å². The van der Waals surface area contributed by atoms with Crippen LogP contribution in [0.2, 0.25) is 0 Å². The van der Waals surface area contributed by atoms with Crippen molar-refractivity contribution in [3.8, 4) is 0 Å². The van der Waals surface area contributed by atoms with E-state index in [4.69, 9.17) is 0 Å². The van der Waals surface area contributed by atoms with Gasteiger partial charge in [-0.05, 0) is 32.6 Å². The first-order valence-electron chi connectivity index (χ1n) is 4.89. The van der Waals surface area contributed by atoms with E-state index in [9.17, 15) is 0 Å². The van der Waals surface area contributed by atoms with Crippen LogP contribution in [-0.4, -0.2) is 0 Å². The van der Waals surface area contributed by atoms with Crippen LogP contribution in [0.5, 0.6) is 0 Å². The van der Waals surface area contributed by atoms with Crippen molar-refractivity contribution < 1.29 is 0 Å². The molecule has 0 nitrogen and oxygen atoms in total. The zero-order valence-corrected chi connectivity index (χ0v) is 9.15. The van der Waals surface area contributed by atoms with Gasteiger partial charge in [0.15, 0.2) is 0 Å². The zero-order valence-electron chi connectivity index (χ0n) is 9.15. The van der Waals surface area contributed by atoms with Gasteiger partial charge in [0.1, 0.15) is 0 Å². The summed E-state index contributed by atoms with van der Waals surface area (Å²) in [5.74, 6) is 0.680. The van der Waals surface area contributed by atoms with Gasteiger partial charge in [-0.15, -0.1) is 0 Å². The molecule has 0 heteroatoms. The molecule has 0 saturated heterocycles. The fourth-order valence-electron chi connectivity index (χ4n) is 1.49. The molecule has 0 bridgehead atoms. The fraction of sp³-hybridized carbons (Fsp3) is 0.667. The van der Waals surface area contributed by atoms with Crippen LogP contribution in [0.25, 0.3) is 0 Å². The van der Waals surface area contributed by atoms with Crippen molar-refractivity contribution >= 4 is 0 Å². The molecule has 0 unspecified atom stereocenters. The predicted molar refractivity (Wildman–Crippen MR) is 57.3 cm³/mol. The van der Waals surface area contributed by atoms with Crippen LogP contribution >= 0.6 is 0 Å². The largest absolute Gasteiger partial charge is 0.0856 e. The van der Waals surface area contributed by atoms with Gasteiger partial charge >= 0.3 is 0 Å². The lowest BCUT2D eigenvalue weighted by molar-refractivity contribution is 0.814. The van der Waals surface area contributed by atoms with Gasteiger partial charge in [-0.25, -0.2) is 0 Å². The first-order chi connectivity index (χ1) is 5.56. The van der Waals surface area contributed by atoms with Gasteiger partial charge in [0.05, 0.1) is 0 Å². The summed E-state index contributed by atoms with van der Waals surface area (Å²) in [7, 11) is 0. The minimum absolute atomic E-state index is 0.680. The van der Waals surface area contributed by atoms with Crippen LogP contribution in [0.1, 0.15) is 47.5 Å². The summed E-state index contributed by atoms with van der Waals surface area (Å²) < 4.78 is 0. The summed E-state index contributed by atoms with van der Waals surface area (Å²) in [6, 6.07) is 0. The smallest absolute Gasteiger partial charge is 0.0114 e. The lowest BCUT2D eigenvalue weighted by Gasteiger charge is -2.03. The SMILES string of the molecule is CCC=C(C)CC(C)=CC(C)C. The van der Waals surface area contributed by atoms with E-state index in [0.29, 0.717) is 5.92 Å². The van der Waals surface area contributed by atoms with E-state index in [1.54, 1.807) is 0 Å². The average molecular weight is 166 g/mol. The summed E-state index contributed by atoms with van der Waals surface area (Å²) in [5, 5.41) is 0. The first kappa shape index (κ1) is 11.5. The highest BCUT2D eigenvalue weighted by Crippen LogP contribution is 2.12. The zero-order chi connectivity index (χ0) is 9.56. The Labute approximate surface area is 77.4 Å². The molecule has 0 N–H and O–H groups in total. The van der Waals surface area contributed by atoms with E-state index in [-0.39, 0.29) is 0 Å². The third-order valence-corrected chi connectivity index (χ3v) is 1.73. The van der Waals surface area contributed by atoms with E-state index in [0.717, 1.165) is 12.8 Å². The highest BCUT2D eigenvalue weighted by Gasteiger charge is 1.93. The third-order valence-electron chi connectivity index (χ3n) is 1.73. The van der Waals surface area contributed by atoms with Gasteiger partial charge < -0.3 is 0 Å². The molecule has 0 aliphatic heterocycles. The van der Waals surface area contributed by atoms with E-state index in [1.807, 2.05) is 0 Å². The molecule has 0 heterocycles. The topological polar surface area (TPSA) is 0 Å². The van der Waals surface area contributed by atoms with Crippen LogP contribution in [0, 0.1) is 5.92 Å². The molecule has 0 aromatic carbocycles. The van der Waals surface area contributed by atoms with Crippen molar-refractivity contribution in [3.05, 3.63) is 23.3 Å². The first-order valence-corrected chi connectivity index (χ1v) is 4.89. The maximum absolute atomic E-state index is 2.34. The van der Waals surface area contributed by atoms with Crippen molar-refractivity contribution in [2.24, 2.45) is 5.92 Å². The van der Waals surface area contributed by atoms with Crippen LogP contribution in [-0.2, 0) is 0 Å². The summed E-state index contributed by atoms with van der Waals surface area (Å²) in [6.07, 6.45) is 6.94. The molecule has 12 heavy (non-hydrogen) atoms. The quantitative estimate of drug-likeness (QED) is 0.545. The molecule has 0 amide bonds. The number of rotatable bonds is 4. The maximum Gasteiger partial charge on any atom is -0.0114 e. The predicted octanol–water partition coefficient (Wildman–Crippen LogP) is 4.34. The Hall–Kier alpha value is -0.520. The normalized spacial score (nSPS) is 14.2. The molecule has 0 radical (unpaired) electrons. The molecule has 0 fully saturated rings. The molecule has 0 aromatic heterocycles. The minimum Gasteiger partial charge on any atom is -0.0856 e. The number of hydrogen-bond acceptors (Lipinski definition) is 0. The van der Waals surface area contributed by atoms with Crippen molar-refractivity contribution in [2.45, 2.75) is 47.5 Å². The standard InChI is InChI=1S/C12H22/c1-6-7-11(4)9-12(5)8-10(2)3/h7-8,10H,6,9H2,1-5H3. The second-order valence-corrected chi connectivity index (χ2v) is 3.89. The third kappa shape index (κ3) is 6.21. The molecule has 0 spiro atoms. The van der Waals surface area contributed by atoms with Crippen LogP contribution in [0.15, 0.2) is 23.3 Å². The number of hydrogen-bond donors (Lipinski definition) is 0. The molecule has 70 valence electrons. The highest BCUT2D eigenvalue weighted by atomic mass is 14.0. The number of allylic oxidation sites excluding steroid dienone is 4. The van der Waals surface area contributed by atoms with Crippen LogP contribution < -0.4 is 0 Å². The van der Waals surface area contributed by atoms with Gasteiger partial charge in [-0.1, -0.05) is 44.1 Å². The van der Waals surface area contributed by atoms with Gasteiger partial charge in [0, 0.05) is 0 Å². The van der Waals surface area contributed by atoms with E-state index in [1.165, 1.54) is 11.1 Å². The second kappa shape index (κ2) is 6.05. The molecular weight excluding hydrogens is 144 g/mol. The monoisotopic (exact) mass is 166 g/mol. The second-order valence-electron chi connectivity index (χ2n) is 3.89. The molecule has 0 aromatic rings. The summed E-state index contributed by atoms with van der Waals surface area (Å²) in [5.41, 5.74) is 2.99. The average Bonchev–Trinajstić information content (AvgIpc) is 1.84. The van der Waals surface area contributed by atoms with Crippen LogP contribution in [0.4, 0.5) is 0 Å². The molecule has 0 aliphatic rings. The van der Waals surface area contributed by atoms with E-state index in [2.05, 4.69) is 46.8 Å². The molecule has 0 aliphatic carbocycles. The molecule has 0 saturated carbocycles. The Morgan fingerprint density at radius 1 is 1.17 bits per heavy atom. The van der Waals surface area contributed by atoms with Gasteiger partial charge in [0.2, 0.25) is 0 Å². The minimum atomic E-state index is 0.680. The van der Waals surface area contributed by atoms with Crippen molar-refractivity contribution in [1.82, 2.24) is 0 Å². The molecular formula is C12H22. The molecule has 0 atom stereocenters. The lowest BCUT2D eigenvalue weighted by atomic mass is 10.0. The Kier molecular flexibility index (Phi) is 5.79. The van der Waals surface area contributed by atoms with Crippen molar-refractivity contribution in [2.75, 3.05) is 0 Å².